The number of hydrogen-bond acceptors (Lipinski definition) is 5. The van der Waals surface area contributed by atoms with Crippen LogP contribution >= 0.6 is 0 Å². The Morgan fingerprint density at radius 2 is 1.93 bits per heavy atom. The third kappa shape index (κ3) is 4.61. The van der Waals surface area contributed by atoms with Gasteiger partial charge in [0, 0.05) is 23.3 Å². The number of hydrogen-bond donors (Lipinski definition) is 2. The number of methoxy groups -OCH3 is 1. The zero-order valence-corrected chi connectivity index (χ0v) is 16.9. The van der Waals surface area contributed by atoms with Gasteiger partial charge in [0.25, 0.3) is 5.91 Å². The highest BCUT2D eigenvalue weighted by Gasteiger charge is 2.46. The molecule has 3 aliphatic rings. The fourth-order valence-corrected chi connectivity index (χ4v) is 4.75. The highest BCUT2D eigenvalue weighted by atomic mass is 16.5. The minimum atomic E-state index is -0.352. The van der Waals surface area contributed by atoms with Crippen molar-refractivity contribution in [3.63, 3.8) is 0 Å². The van der Waals surface area contributed by atoms with Gasteiger partial charge in [-0.3, -0.25) is 19.3 Å². The summed E-state index contributed by atoms with van der Waals surface area (Å²) in [6.45, 7) is 0.152. The Hall–Kier alpha value is -2.41. The van der Waals surface area contributed by atoms with Crippen LogP contribution in [-0.4, -0.2) is 54.5 Å². The number of nitrogens with zero attached hydrogens (tertiary/aromatic N) is 1. The van der Waals surface area contributed by atoms with Crippen LogP contribution in [0.5, 0.6) is 0 Å². The van der Waals surface area contributed by atoms with Crippen LogP contribution in [0.1, 0.15) is 55.3 Å². The molecule has 0 radical (unpaired) electrons. The molecule has 3 atom stereocenters. The van der Waals surface area contributed by atoms with E-state index >= 15 is 0 Å². The van der Waals surface area contributed by atoms with Crippen LogP contribution in [0.15, 0.2) is 24.3 Å². The zero-order chi connectivity index (χ0) is 20.4. The Labute approximate surface area is 171 Å². The molecule has 1 heterocycles. The lowest BCUT2D eigenvalue weighted by Crippen LogP contribution is -2.46. The predicted molar refractivity (Wildman–Crippen MR) is 108 cm³/mol. The molecule has 7 nitrogen and oxygen atoms in total. The molecule has 2 amide bonds. The Morgan fingerprint density at radius 1 is 1.14 bits per heavy atom. The van der Waals surface area contributed by atoms with Gasteiger partial charge in [-0.05, 0) is 56.2 Å². The van der Waals surface area contributed by atoms with Gasteiger partial charge < -0.3 is 15.4 Å². The molecule has 1 saturated heterocycles. The molecule has 2 saturated carbocycles. The summed E-state index contributed by atoms with van der Waals surface area (Å²) in [5.41, 5.74) is 1.13. The maximum absolute atomic E-state index is 12.8. The monoisotopic (exact) mass is 399 g/mol. The second-order valence-electron chi connectivity index (χ2n) is 8.44. The van der Waals surface area contributed by atoms with Gasteiger partial charge in [-0.2, -0.15) is 0 Å². The summed E-state index contributed by atoms with van der Waals surface area (Å²) in [7, 11) is 1.40. The zero-order valence-electron chi connectivity index (χ0n) is 16.9. The van der Waals surface area contributed by atoms with Gasteiger partial charge >= 0.3 is 5.97 Å². The molecule has 29 heavy (non-hydrogen) atoms. The molecule has 0 spiro atoms. The van der Waals surface area contributed by atoms with Crippen molar-refractivity contribution in [3.05, 3.63) is 29.8 Å². The number of anilines is 1. The van der Waals surface area contributed by atoms with Gasteiger partial charge in [0.05, 0.1) is 13.7 Å². The number of nitrogens with one attached hydrogen (secondary N) is 2. The Morgan fingerprint density at radius 3 is 2.69 bits per heavy atom. The second kappa shape index (κ2) is 8.53. The average molecular weight is 399 g/mol. The molecule has 4 rings (SSSR count). The maximum Gasteiger partial charge on any atom is 0.323 e. The normalized spacial score (nSPS) is 26.4. The van der Waals surface area contributed by atoms with Gasteiger partial charge in [0.15, 0.2) is 0 Å². The van der Waals surface area contributed by atoms with E-state index in [2.05, 4.69) is 10.6 Å². The third-order valence-corrected chi connectivity index (χ3v) is 6.34. The highest BCUT2D eigenvalue weighted by molar-refractivity contribution is 5.98. The molecule has 1 aliphatic heterocycles. The summed E-state index contributed by atoms with van der Waals surface area (Å²) < 4.78 is 4.99. The molecular formula is C22H29N3O4. The van der Waals surface area contributed by atoms with E-state index in [1.165, 1.54) is 13.5 Å². The number of carbonyl (C=O) groups excluding carboxylic acids is 3. The van der Waals surface area contributed by atoms with E-state index in [0.29, 0.717) is 17.2 Å². The standard InChI is InChI=1S/C22H29N3O4/c1-29-22(28)19-12-14-5-2-3-8-18(14)25(19)13-20(26)23-17-7-4-6-15(11-17)21(27)24-16-9-10-16/h4,6-7,11,14,16,18-19H,2-3,5,8-10,12-13H2,1H3,(H,23,26)(H,24,27). The van der Waals surface area contributed by atoms with Gasteiger partial charge in [-0.1, -0.05) is 18.9 Å². The molecule has 0 bridgehead atoms. The summed E-state index contributed by atoms with van der Waals surface area (Å²) in [6, 6.07) is 7.17. The molecule has 2 N–H and O–H groups in total. The molecule has 1 aromatic rings. The van der Waals surface area contributed by atoms with E-state index in [-0.39, 0.29) is 42.5 Å². The van der Waals surface area contributed by atoms with E-state index in [0.717, 1.165) is 38.5 Å². The van der Waals surface area contributed by atoms with Gasteiger partial charge in [-0.25, -0.2) is 0 Å². The van der Waals surface area contributed by atoms with Crippen molar-refractivity contribution in [1.82, 2.24) is 10.2 Å². The number of esters is 1. The first-order chi connectivity index (χ1) is 14.0. The van der Waals surface area contributed by atoms with Crippen molar-refractivity contribution in [2.45, 2.75) is 63.1 Å². The van der Waals surface area contributed by atoms with Crippen LogP contribution in [-0.2, 0) is 14.3 Å². The molecule has 7 heteroatoms. The number of ether oxygens (including phenoxy) is 1. The summed E-state index contributed by atoms with van der Waals surface area (Å²) in [4.78, 5) is 39.3. The molecule has 2 aliphatic carbocycles. The molecule has 1 aromatic carbocycles. The van der Waals surface area contributed by atoms with Gasteiger partial charge in [0.2, 0.25) is 5.91 Å². The largest absolute Gasteiger partial charge is 0.468 e. The third-order valence-electron chi connectivity index (χ3n) is 6.34. The van der Waals surface area contributed by atoms with Crippen molar-refractivity contribution in [2.75, 3.05) is 19.0 Å². The number of carbonyl (C=O) groups is 3. The topological polar surface area (TPSA) is 87.7 Å². The fourth-order valence-electron chi connectivity index (χ4n) is 4.75. The predicted octanol–water partition coefficient (Wildman–Crippen LogP) is 2.32. The van der Waals surface area contributed by atoms with E-state index in [4.69, 9.17) is 4.74 Å². The van der Waals surface area contributed by atoms with Crippen molar-refractivity contribution in [2.24, 2.45) is 5.92 Å². The van der Waals surface area contributed by atoms with Crippen molar-refractivity contribution >= 4 is 23.5 Å². The number of likely N-dealkylation sites (tertiary alicyclic amines) is 1. The number of amides is 2. The fraction of sp³-hybridized carbons (Fsp3) is 0.591. The average Bonchev–Trinajstić information content (AvgIpc) is 3.47. The summed E-state index contributed by atoms with van der Waals surface area (Å²) in [6.07, 6.45) is 7.26. The molecule has 3 fully saturated rings. The van der Waals surface area contributed by atoms with Gasteiger partial charge in [-0.15, -0.1) is 0 Å². The van der Waals surface area contributed by atoms with E-state index < -0.39 is 0 Å². The molecule has 156 valence electrons. The quantitative estimate of drug-likeness (QED) is 0.717. The Bertz CT molecular complexity index is 792. The SMILES string of the molecule is COC(=O)C1CC2CCCCC2N1CC(=O)Nc1cccc(C(=O)NC2CC2)c1. The lowest BCUT2D eigenvalue weighted by atomic mass is 9.85. The Kier molecular flexibility index (Phi) is 5.85. The van der Waals surface area contributed by atoms with Crippen molar-refractivity contribution < 1.29 is 19.1 Å². The number of benzene rings is 1. The highest BCUT2D eigenvalue weighted by Crippen LogP contribution is 2.39. The molecule has 0 aromatic heterocycles. The van der Waals surface area contributed by atoms with Crippen LogP contribution in [0.2, 0.25) is 0 Å². The van der Waals surface area contributed by atoms with E-state index in [1.54, 1.807) is 24.3 Å². The second-order valence-corrected chi connectivity index (χ2v) is 8.44. The first-order valence-electron chi connectivity index (χ1n) is 10.6. The van der Waals surface area contributed by atoms with Gasteiger partial charge in [0.1, 0.15) is 6.04 Å². The Balaban J connectivity index is 1.41. The smallest absolute Gasteiger partial charge is 0.323 e. The summed E-state index contributed by atoms with van der Waals surface area (Å²) in [5, 5.41) is 5.85. The molecular weight excluding hydrogens is 370 g/mol. The lowest BCUT2D eigenvalue weighted by Gasteiger charge is -2.32. The van der Waals surface area contributed by atoms with Crippen LogP contribution in [0, 0.1) is 5.92 Å². The van der Waals surface area contributed by atoms with Crippen molar-refractivity contribution in [1.29, 1.82) is 0 Å². The minimum Gasteiger partial charge on any atom is -0.468 e. The first-order valence-corrected chi connectivity index (χ1v) is 10.6. The maximum atomic E-state index is 12.8. The summed E-state index contributed by atoms with van der Waals surface area (Å²) >= 11 is 0. The molecule has 3 unspecified atom stereocenters. The first kappa shape index (κ1) is 19.9. The lowest BCUT2D eigenvalue weighted by molar-refractivity contribution is -0.146. The number of fused-ring (bicyclic) bond motifs is 1. The van der Waals surface area contributed by atoms with Crippen LogP contribution in [0.4, 0.5) is 5.69 Å². The van der Waals surface area contributed by atoms with E-state index in [1.807, 2.05) is 4.90 Å². The van der Waals surface area contributed by atoms with Crippen LogP contribution in [0.25, 0.3) is 0 Å². The van der Waals surface area contributed by atoms with Crippen molar-refractivity contribution in [3.8, 4) is 0 Å². The van der Waals surface area contributed by atoms with Crippen LogP contribution in [0.3, 0.4) is 0 Å². The van der Waals surface area contributed by atoms with Crippen LogP contribution < -0.4 is 10.6 Å². The minimum absolute atomic E-state index is 0.112. The van der Waals surface area contributed by atoms with E-state index in [9.17, 15) is 14.4 Å². The summed E-state index contributed by atoms with van der Waals surface area (Å²) in [5.74, 6) is -0.0927. The number of rotatable bonds is 6.